The van der Waals surface area contributed by atoms with Crippen LogP contribution in [0.2, 0.25) is 0 Å². The monoisotopic (exact) mass is 744 g/mol. The van der Waals surface area contributed by atoms with Crippen LogP contribution < -0.4 is 10.6 Å². The van der Waals surface area contributed by atoms with E-state index in [2.05, 4.69) is 10.6 Å². The molecule has 13 nitrogen and oxygen atoms in total. The van der Waals surface area contributed by atoms with Crippen molar-refractivity contribution in [1.29, 1.82) is 0 Å². The smallest absolute Gasteiger partial charge is 0.410 e. The Morgan fingerprint density at radius 3 is 2.60 bits per heavy atom. The molecule has 0 radical (unpaired) electrons. The summed E-state index contributed by atoms with van der Waals surface area (Å²) in [5.41, 5.74) is -0.998. The van der Waals surface area contributed by atoms with Gasteiger partial charge in [-0.1, -0.05) is 37.1 Å². The van der Waals surface area contributed by atoms with Crippen molar-refractivity contribution in [3.05, 3.63) is 47.3 Å². The zero-order chi connectivity index (χ0) is 37.4. The topological polar surface area (TPSA) is 168 Å². The number of halogens is 1. The Labute approximate surface area is 303 Å². The number of hydrogen-bond acceptors (Lipinski definition) is 9. The van der Waals surface area contributed by atoms with Gasteiger partial charge in [0, 0.05) is 30.9 Å². The summed E-state index contributed by atoms with van der Waals surface area (Å²) in [6.07, 6.45) is 5.38. The van der Waals surface area contributed by atoms with E-state index in [0.717, 1.165) is 19.3 Å². The second-order valence-electron chi connectivity index (χ2n) is 15.9. The summed E-state index contributed by atoms with van der Waals surface area (Å²) in [7, 11) is -3.21. The number of nitrogens with zero attached hydrogens (tertiary/aromatic N) is 2. The molecule has 284 valence electrons. The molecule has 1 saturated carbocycles. The Kier molecular flexibility index (Phi) is 10.7. The average molecular weight is 745 g/mol. The van der Waals surface area contributed by atoms with E-state index in [0.29, 0.717) is 30.4 Å². The third-order valence-corrected chi connectivity index (χ3v) is 12.5. The largest absolute Gasteiger partial charge is 0.444 e. The minimum Gasteiger partial charge on any atom is -0.444 e. The number of ether oxygens (including phenoxy) is 2. The summed E-state index contributed by atoms with van der Waals surface area (Å²) in [4.78, 5) is 71.4. The van der Waals surface area contributed by atoms with Crippen LogP contribution >= 0.6 is 0 Å². The van der Waals surface area contributed by atoms with Crippen molar-refractivity contribution in [2.24, 2.45) is 11.8 Å². The van der Waals surface area contributed by atoms with E-state index in [1.165, 1.54) is 15.9 Å². The van der Waals surface area contributed by atoms with Crippen LogP contribution in [0.25, 0.3) is 0 Å². The van der Waals surface area contributed by atoms with Gasteiger partial charge in [0.1, 0.15) is 35.1 Å². The van der Waals surface area contributed by atoms with Gasteiger partial charge < -0.3 is 25.0 Å². The highest BCUT2D eigenvalue weighted by molar-refractivity contribution is 7.91. The third-order valence-electron chi connectivity index (χ3n) is 10.7. The number of nitrogens with one attached hydrogen (secondary N) is 2. The van der Waals surface area contributed by atoms with Crippen LogP contribution in [0.4, 0.5) is 14.0 Å². The van der Waals surface area contributed by atoms with Crippen molar-refractivity contribution in [3.63, 3.8) is 0 Å². The van der Waals surface area contributed by atoms with Crippen molar-refractivity contribution >= 4 is 39.6 Å². The molecule has 1 aliphatic carbocycles. The Balaban J connectivity index is 1.24. The number of benzene rings is 1. The predicted octanol–water partition coefficient (Wildman–Crippen LogP) is 3.93. The lowest BCUT2D eigenvalue weighted by Gasteiger charge is -2.30. The molecule has 6 rings (SSSR count). The number of amides is 4. The Morgan fingerprint density at radius 2 is 1.88 bits per heavy atom. The van der Waals surface area contributed by atoms with Gasteiger partial charge in [0.25, 0.3) is 0 Å². The lowest BCUT2D eigenvalue weighted by atomic mass is 9.94. The van der Waals surface area contributed by atoms with Gasteiger partial charge in [-0.25, -0.2) is 22.4 Å². The summed E-state index contributed by atoms with van der Waals surface area (Å²) < 4.78 is 50.0. The number of carbonyl (C=O) groups is 5. The summed E-state index contributed by atoms with van der Waals surface area (Å²) in [6.45, 7) is 5.14. The standard InChI is InChI=1S/C37H49FN4O9S/c1-36(2,3)51-34(46)39-29-13-8-6-4-5-7-11-25-18-37(25,31(43)16-23-14-15-52(48,49)22-23)40-32(44)30-17-26(20-42(30)33(29)45)50-35(47)41-19-24-10-9-12-28(38)27(24)21-41/h7,9-12,23,25-26,29-30H,4-6,8,13-22H2,1-3H3,(H,39,46)(H,40,44)/b11-7-/t23-,25+,26+,29-,30-,37+/m0/s1. The van der Waals surface area contributed by atoms with E-state index in [9.17, 15) is 36.8 Å². The molecule has 1 aromatic rings. The van der Waals surface area contributed by atoms with E-state index < -0.39 is 69.0 Å². The number of carbonyl (C=O) groups excluding carboxylic acids is 5. The fourth-order valence-electron chi connectivity index (χ4n) is 7.89. The molecular weight excluding hydrogens is 695 g/mol. The molecule has 52 heavy (non-hydrogen) atoms. The van der Waals surface area contributed by atoms with Gasteiger partial charge in [0.2, 0.25) is 11.8 Å². The van der Waals surface area contributed by atoms with Gasteiger partial charge in [-0.05, 0) is 70.4 Å². The summed E-state index contributed by atoms with van der Waals surface area (Å²) in [5, 5.41) is 5.67. The molecule has 0 spiro atoms. The average Bonchev–Trinajstić information content (AvgIpc) is 3.36. The van der Waals surface area contributed by atoms with E-state index >= 15 is 0 Å². The summed E-state index contributed by atoms with van der Waals surface area (Å²) >= 11 is 0. The molecule has 1 aromatic carbocycles. The van der Waals surface area contributed by atoms with Crippen molar-refractivity contribution in [2.75, 3.05) is 18.1 Å². The number of sulfone groups is 1. The van der Waals surface area contributed by atoms with Crippen molar-refractivity contribution in [2.45, 2.75) is 121 Å². The normalized spacial score (nSPS) is 30.9. The fraction of sp³-hybridized carbons (Fsp3) is 0.649. The number of allylic oxidation sites excluding steroid dienone is 1. The molecule has 6 atom stereocenters. The van der Waals surface area contributed by atoms with Crippen LogP contribution in [0, 0.1) is 17.7 Å². The van der Waals surface area contributed by atoms with Crippen LogP contribution in [0.1, 0.15) is 89.7 Å². The van der Waals surface area contributed by atoms with Gasteiger partial charge in [0.05, 0.1) is 24.6 Å². The van der Waals surface area contributed by atoms with Crippen LogP contribution in [0.15, 0.2) is 30.4 Å². The minimum absolute atomic E-state index is 0.0120. The van der Waals surface area contributed by atoms with Crippen molar-refractivity contribution in [1.82, 2.24) is 20.4 Å². The molecule has 2 saturated heterocycles. The number of alkyl carbamates (subject to hydrolysis) is 1. The van der Waals surface area contributed by atoms with E-state index in [1.54, 1.807) is 32.9 Å². The maximum atomic E-state index is 14.4. The van der Waals surface area contributed by atoms with Crippen molar-refractivity contribution < 1.29 is 46.3 Å². The van der Waals surface area contributed by atoms with Gasteiger partial charge in [-0.15, -0.1) is 0 Å². The Hall–Kier alpha value is -4.01. The molecule has 5 aliphatic rings. The quantitative estimate of drug-likeness (QED) is 0.425. The molecule has 2 N–H and O–H groups in total. The first-order chi connectivity index (χ1) is 24.5. The summed E-state index contributed by atoms with van der Waals surface area (Å²) in [6, 6.07) is 2.46. The lowest BCUT2D eigenvalue weighted by molar-refractivity contribution is -0.141. The lowest BCUT2D eigenvalue weighted by Crippen LogP contribution is -2.56. The highest BCUT2D eigenvalue weighted by Gasteiger charge is 2.60. The molecule has 4 amide bonds. The second-order valence-corrected chi connectivity index (χ2v) is 18.1. The molecule has 0 bridgehead atoms. The molecule has 4 heterocycles. The second kappa shape index (κ2) is 14.8. The predicted molar refractivity (Wildman–Crippen MR) is 187 cm³/mol. The van der Waals surface area contributed by atoms with Crippen molar-refractivity contribution in [3.8, 4) is 0 Å². The fourth-order valence-corrected chi connectivity index (χ4v) is 9.75. The minimum atomic E-state index is -3.21. The Morgan fingerprint density at radius 1 is 1.10 bits per heavy atom. The highest BCUT2D eigenvalue weighted by Crippen LogP contribution is 2.47. The summed E-state index contributed by atoms with van der Waals surface area (Å²) in [5.74, 6) is -2.46. The molecule has 0 aromatic heterocycles. The number of hydrogen-bond donors (Lipinski definition) is 2. The van der Waals surface area contributed by atoms with E-state index in [1.807, 2.05) is 12.2 Å². The number of fused-ring (bicyclic) bond motifs is 3. The molecule has 0 unspecified atom stereocenters. The first-order valence-electron chi connectivity index (χ1n) is 18.3. The van der Waals surface area contributed by atoms with Crippen LogP contribution in [-0.2, 0) is 46.8 Å². The van der Waals surface area contributed by atoms with E-state index in [-0.39, 0.29) is 68.0 Å². The molecule has 15 heteroatoms. The molecular formula is C37H49FN4O9S. The zero-order valence-electron chi connectivity index (χ0n) is 30.0. The molecule has 3 fully saturated rings. The number of rotatable bonds is 5. The van der Waals surface area contributed by atoms with Crippen LogP contribution in [0.3, 0.4) is 0 Å². The zero-order valence-corrected chi connectivity index (χ0v) is 30.8. The first-order valence-corrected chi connectivity index (χ1v) is 20.1. The highest BCUT2D eigenvalue weighted by atomic mass is 32.2. The first kappa shape index (κ1) is 37.7. The number of ketones is 1. The Bertz CT molecular complexity index is 1740. The maximum Gasteiger partial charge on any atom is 0.410 e. The van der Waals surface area contributed by atoms with E-state index in [4.69, 9.17) is 9.47 Å². The number of Topliss-reactive ketones (excluding diaryl/α,β-unsaturated/α-hetero) is 1. The molecule has 4 aliphatic heterocycles. The maximum absolute atomic E-state index is 14.4. The van der Waals surface area contributed by atoms with Crippen LogP contribution in [0.5, 0.6) is 0 Å². The van der Waals surface area contributed by atoms with Gasteiger partial charge in [-0.2, -0.15) is 0 Å². The van der Waals surface area contributed by atoms with Gasteiger partial charge in [0.15, 0.2) is 15.6 Å². The van der Waals surface area contributed by atoms with Gasteiger partial charge in [-0.3, -0.25) is 19.3 Å². The van der Waals surface area contributed by atoms with Gasteiger partial charge >= 0.3 is 12.2 Å². The third kappa shape index (κ3) is 8.61. The SMILES string of the molecule is CC(C)(C)OC(=O)N[C@H]1CCCCC/C=C\[C@@H]2C[C@@]2(C(=O)C[C@@H]2CCS(=O)(=O)C2)NC(=O)[C@@H]2C[C@@H](OC(=O)N3Cc4cccc(F)c4C3)CN2C1=O. The van der Waals surface area contributed by atoms with Crippen LogP contribution in [-0.4, -0.2) is 95.4 Å².